The first-order valence-corrected chi connectivity index (χ1v) is 9.93. The van der Waals surface area contributed by atoms with E-state index in [1.807, 2.05) is 0 Å². The molecule has 1 N–H and O–H groups in total. The molecule has 0 saturated carbocycles. The van der Waals surface area contributed by atoms with Crippen molar-refractivity contribution in [3.05, 3.63) is 57.0 Å². The first-order valence-electron chi connectivity index (χ1n) is 9.93. The van der Waals surface area contributed by atoms with Gasteiger partial charge >= 0.3 is 6.18 Å². The number of alkyl halides is 3. The van der Waals surface area contributed by atoms with Gasteiger partial charge in [-0.25, -0.2) is 0 Å². The molecule has 1 fully saturated rings. The molecule has 0 atom stereocenters. The fourth-order valence-electron chi connectivity index (χ4n) is 4.06. The van der Waals surface area contributed by atoms with Crippen LogP contribution in [0.5, 0.6) is 0 Å². The van der Waals surface area contributed by atoms with Crippen LogP contribution >= 0.6 is 0 Å². The van der Waals surface area contributed by atoms with E-state index in [9.17, 15) is 22.8 Å². The highest BCUT2D eigenvalue weighted by molar-refractivity contribution is 5.82. The number of likely N-dealkylation sites (tertiary alicyclic amines) is 1. The number of fused-ring (bicyclic) bond motifs is 1. The molecule has 1 aliphatic heterocycles. The number of hydrogen-bond acceptors (Lipinski definition) is 5. The monoisotopic (exact) mass is 434 g/mol. The van der Waals surface area contributed by atoms with Crippen LogP contribution < -0.4 is 5.56 Å². The summed E-state index contributed by atoms with van der Waals surface area (Å²) in [5, 5.41) is 3.32. The summed E-state index contributed by atoms with van der Waals surface area (Å²) in [5.74, 6) is 0.351. The van der Waals surface area contributed by atoms with E-state index in [1.165, 1.54) is 13.0 Å². The third kappa shape index (κ3) is 4.33. The van der Waals surface area contributed by atoms with Crippen molar-refractivity contribution in [2.45, 2.75) is 45.2 Å². The molecule has 4 heterocycles. The molecule has 31 heavy (non-hydrogen) atoms. The van der Waals surface area contributed by atoms with E-state index in [1.54, 1.807) is 17.9 Å². The Morgan fingerprint density at radius 3 is 2.52 bits per heavy atom. The molecule has 4 rings (SSSR count). The number of halogens is 3. The molecule has 1 saturated heterocycles. The largest absolute Gasteiger partial charge is 0.417 e. The van der Waals surface area contributed by atoms with Gasteiger partial charge in [-0.05, 0) is 38.8 Å². The van der Waals surface area contributed by atoms with Crippen LogP contribution in [0.25, 0.3) is 10.9 Å². The average Bonchev–Trinajstić information content (AvgIpc) is 3.11. The number of carbonyl (C=O) groups excluding carboxylic acids is 1. The lowest BCUT2D eigenvalue weighted by atomic mass is 9.92. The number of nitrogens with zero attached hydrogens (tertiary/aromatic N) is 3. The fourth-order valence-corrected chi connectivity index (χ4v) is 4.06. The average molecular weight is 434 g/mol. The number of H-pyrrole nitrogens is 1. The number of amides is 1. The smallest absolute Gasteiger partial charge is 0.361 e. The van der Waals surface area contributed by atoms with Crippen molar-refractivity contribution in [1.29, 1.82) is 0 Å². The normalized spacial score (nSPS) is 15.6. The van der Waals surface area contributed by atoms with E-state index < -0.39 is 22.7 Å². The zero-order valence-corrected chi connectivity index (χ0v) is 17.0. The number of aromatic amines is 1. The van der Waals surface area contributed by atoms with Gasteiger partial charge in [0.15, 0.2) is 0 Å². The van der Waals surface area contributed by atoms with Crippen LogP contribution in [0, 0.1) is 13.8 Å². The summed E-state index contributed by atoms with van der Waals surface area (Å²) in [4.78, 5) is 33.5. The molecule has 0 bridgehead atoms. The van der Waals surface area contributed by atoms with Gasteiger partial charge in [-0.1, -0.05) is 5.16 Å². The minimum atomic E-state index is -4.64. The summed E-state index contributed by atoms with van der Waals surface area (Å²) in [7, 11) is 0. The van der Waals surface area contributed by atoms with Crippen molar-refractivity contribution in [3.63, 3.8) is 0 Å². The maximum atomic E-state index is 13.4. The first kappa shape index (κ1) is 21.1. The molecule has 7 nitrogen and oxygen atoms in total. The molecule has 10 heteroatoms. The molecular formula is C21H21F3N4O3. The molecule has 0 unspecified atom stereocenters. The van der Waals surface area contributed by atoms with Gasteiger partial charge in [0.25, 0.3) is 5.56 Å². The number of hydrogen-bond donors (Lipinski definition) is 1. The van der Waals surface area contributed by atoms with Gasteiger partial charge in [0.2, 0.25) is 5.91 Å². The Bertz CT molecular complexity index is 1190. The van der Waals surface area contributed by atoms with E-state index in [2.05, 4.69) is 15.1 Å². The standard InChI is InChI=1S/C21H21F3N4O3/c1-11-8-15(21(22,23)24)19-17(25-11)10-16(26-20(19)30)13-3-5-28(6-4-13)18(29)9-14-7-12(2)27-31-14/h7-8,10,13H,3-6,9H2,1-2H3,(H,26,30). The lowest BCUT2D eigenvalue weighted by Gasteiger charge is -2.32. The summed E-state index contributed by atoms with van der Waals surface area (Å²) in [6.45, 7) is 4.20. The minimum absolute atomic E-state index is 0.0327. The Hall–Kier alpha value is -3.17. The van der Waals surface area contributed by atoms with Crippen LogP contribution in [0.3, 0.4) is 0 Å². The molecule has 3 aromatic rings. The van der Waals surface area contributed by atoms with E-state index in [0.29, 0.717) is 43.1 Å². The Balaban J connectivity index is 1.53. The highest BCUT2D eigenvalue weighted by Crippen LogP contribution is 2.34. The van der Waals surface area contributed by atoms with Crippen LogP contribution in [0.2, 0.25) is 0 Å². The van der Waals surface area contributed by atoms with E-state index >= 15 is 0 Å². The van der Waals surface area contributed by atoms with Gasteiger partial charge in [-0.15, -0.1) is 0 Å². The van der Waals surface area contributed by atoms with Gasteiger partial charge in [-0.2, -0.15) is 13.2 Å². The van der Waals surface area contributed by atoms with Crippen molar-refractivity contribution in [2.75, 3.05) is 13.1 Å². The van der Waals surface area contributed by atoms with Gasteiger partial charge in [0.05, 0.1) is 28.6 Å². The first-order chi connectivity index (χ1) is 14.6. The van der Waals surface area contributed by atoms with Crippen molar-refractivity contribution < 1.29 is 22.5 Å². The Kier molecular flexibility index (Phi) is 5.32. The maximum absolute atomic E-state index is 13.4. The van der Waals surface area contributed by atoms with Crippen molar-refractivity contribution in [2.24, 2.45) is 0 Å². The van der Waals surface area contributed by atoms with E-state index in [-0.39, 0.29) is 29.5 Å². The summed E-state index contributed by atoms with van der Waals surface area (Å²) in [5.41, 5.74) is -0.303. The second-order valence-corrected chi connectivity index (χ2v) is 7.89. The fraction of sp³-hybridized carbons (Fsp3) is 0.429. The summed E-state index contributed by atoms with van der Waals surface area (Å²) < 4.78 is 45.2. The number of carbonyl (C=O) groups is 1. The van der Waals surface area contributed by atoms with Crippen LogP contribution in [0.15, 0.2) is 27.5 Å². The number of rotatable bonds is 3. The SMILES string of the molecule is Cc1cc(CC(=O)N2CCC(c3cc4nc(C)cc(C(F)(F)F)c4c(=O)[nH]3)CC2)on1. The summed E-state index contributed by atoms with van der Waals surface area (Å²) >= 11 is 0. The van der Waals surface area contributed by atoms with Gasteiger partial charge in [0, 0.05) is 36.5 Å². The highest BCUT2D eigenvalue weighted by Gasteiger charge is 2.35. The zero-order valence-electron chi connectivity index (χ0n) is 17.0. The number of piperidine rings is 1. The van der Waals surface area contributed by atoms with Gasteiger partial charge in [0.1, 0.15) is 5.76 Å². The predicted octanol–water partition coefficient (Wildman–Crippen LogP) is 3.50. The topological polar surface area (TPSA) is 92.1 Å². The molecule has 1 aliphatic rings. The lowest BCUT2D eigenvalue weighted by molar-refractivity contribution is -0.136. The van der Waals surface area contributed by atoms with E-state index in [0.717, 1.165) is 6.07 Å². The summed E-state index contributed by atoms with van der Waals surface area (Å²) in [6.07, 6.45) is -3.35. The quantitative estimate of drug-likeness (QED) is 0.681. The highest BCUT2D eigenvalue weighted by atomic mass is 19.4. The minimum Gasteiger partial charge on any atom is -0.361 e. The molecule has 164 valence electrons. The van der Waals surface area contributed by atoms with Crippen LogP contribution in [0.1, 0.15) is 47.2 Å². The zero-order chi connectivity index (χ0) is 22.3. The number of pyridine rings is 2. The molecule has 3 aromatic heterocycles. The van der Waals surface area contributed by atoms with Crippen molar-refractivity contribution in [3.8, 4) is 0 Å². The second kappa shape index (κ2) is 7.82. The van der Waals surface area contributed by atoms with Crippen molar-refractivity contribution in [1.82, 2.24) is 20.0 Å². The number of aromatic nitrogens is 3. The maximum Gasteiger partial charge on any atom is 0.417 e. The molecular weight excluding hydrogens is 413 g/mol. The Morgan fingerprint density at radius 1 is 1.19 bits per heavy atom. The van der Waals surface area contributed by atoms with Crippen molar-refractivity contribution >= 4 is 16.8 Å². The predicted molar refractivity (Wildman–Crippen MR) is 106 cm³/mol. The third-order valence-corrected chi connectivity index (χ3v) is 5.55. The molecule has 1 amide bonds. The van der Waals surface area contributed by atoms with Gasteiger partial charge in [-0.3, -0.25) is 14.6 Å². The Labute approximate surface area is 175 Å². The number of aryl methyl sites for hydroxylation is 2. The van der Waals surface area contributed by atoms with Gasteiger partial charge < -0.3 is 14.4 Å². The Morgan fingerprint density at radius 2 is 1.90 bits per heavy atom. The molecule has 0 spiro atoms. The second-order valence-electron chi connectivity index (χ2n) is 7.89. The molecule has 0 radical (unpaired) electrons. The van der Waals surface area contributed by atoms with Crippen LogP contribution in [-0.2, 0) is 17.4 Å². The lowest BCUT2D eigenvalue weighted by Crippen LogP contribution is -2.39. The third-order valence-electron chi connectivity index (χ3n) is 5.55. The molecule has 0 aliphatic carbocycles. The molecule has 0 aromatic carbocycles. The summed E-state index contributed by atoms with van der Waals surface area (Å²) in [6, 6.07) is 4.13. The van der Waals surface area contributed by atoms with Crippen LogP contribution in [0.4, 0.5) is 13.2 Å². The van der Waals surface area contributed by atoms with E-state index in [4.69, 9.17) is 4.52 Å². The number of nitrogens with one attached hydrogen (secondary N) is 1. The van der Waals surface area contributed by atoms with Crippen LogP contribution in [-0.4, -0.2) is 39.0 Å².